The molecule has 39 heavy (non-hydrogen) atoms. The monoisotopic (exact) mass is 762 g/mol. The number of aromatic nitrogens is 2. The molecule has 0 spiro atoms. The number of nitrogens with zero attached hydrogens (tertiary/aromatic N) is 2. The number of hydrogen-bond donors (Lipinski definition) is 1. The number of rotatable bonds is 7. The summed E-state index contributed by atoms with van der Waals surface area (Å²) in [5.41, 5.74) is 3.44. The van der Waals surface area contributed by atoms with Gasteiger partial charge in [0.1, 0.15) is 0 Å². The standard InChI is InChI=1S/C12H10BrNO2S.C12H11NO2S.C2H4O2.Br2/c13-7-11(15)10-3-1-9(2-4-10)8-14-12(16)5-6-17-14;1-9(14)11-4-2-10(3-5-11)8-13-12(15)6-7-16-13;1-2(3)4;1-2/h1-6H,7-8H2;2-7H,8H2,1H3;1H3,(H,3,4);. The maximum atomic E-state index is 11.4. The molecule has 0 saturated carbocycles. The normalized spacial score (nSPS) is 9.56. The van der Waals surface area contributed by atoms with E-state index in [0.29, 0.717) is 29.5 Å². The van der Waals surface area contributed by atoms with Crippen LogP contribution in [0.4, 0.5) is 0 Å². The second-order valence-corrected chi connectivity index (χ2v) is 10.0. The number of ketones is 2. The maximum Gasteiger partial charge on any atom is 0.300 e. The topological polar surface area (TPSA) is 115 Å². The molecule has 0 unspecified atom stereocenters. The third-order valence-corrected chi connectivity index (χ3v) is 6.85. The van der Waals surface area contributed by atoms with Gasteiger partial charge in [0.05, 0.1) is 18.4 Å². The van der Waals surface area contributed by atoms with Gasteiger partial charge >= 0.3 is 0 Å². The summed E-state index contributed by atoms with van der Waals surface area (Å²) in [5.74, 6) is -0.718. The molecule has 2 aromatic heterocycles. The Labute approximate surface area is 257 Å². The molecule has 0 aliphatic heterocycles. The van der Waals surface area contributed by atoms with Crippen molar-refractivity contribution < 1.29 is 19.5 Å². The largest absolute Gasteiger partial charge is 0.481 e. The van der Waals surface area contributed by atoms with Gasteiger partial charge in [-0.05, 0) is 18.1 Å². The lowest BCUT2D eigenvalue weighted by molar-refractivity contribution is -0.134. The molecule has 1 N–H and O–H groups in total. The highest BCUT2D eigenvalue weighted by Gasteiger charge is 2.04. The van der Waals surface area contributed by atoms with Crippen LogP contribution in [0.1, 0.15) is 45.7 Å². The smallest absolute Gasteiger partial charge is 0.300 e. The van der Waals surface area contributed by atoms with Crippen LogP contribution in [0.3, 0.4) is 0 Å². The van der Waals surface area contributed by atoms with Crippen molar-refractivity contribution in [1.82, 2.24) is 7.91 Å². The van der Waals surface area contributed by atoms with Crippen LogP contribution in [0.25, 0.3) is 0 Å². The molecule has 4 aromatic rings. The Balaban J connectivity index is 0.000000326. The highest BCUT2D eigenvalue weighted by molar-refractivity contribution is 9.93. The molecular formula is C26H25Br3N2O6S2. The van der Waals surface area contributed by atoms with Gasteiger partial charge in [-0.25, -0.2) is 0 Å². The van der Waals surface area contributed by atoms with Gasteiger partial charge in [-0.15, -0.1) is 0 Å². The van der Waals surface area contributed by atoms with E-state index in [-0.39, 0.29) is 22.7 Å². The minimum absolute atomic E-state index is 0.00983. The van der Waals surface area contributed by atoms with E-state index in [4.69, 9.17) is 9.90 Å². The first-order chi connectivity index (χ1) is 18.6. The first kappa shape index (κ1) is 34.6. The summed E-state index contributed by atoms with van der Waals surface area (Å²) in [4.78, 5) is 54.1. The van der Waals surface area contributed by atoms with Crippen LogP contribution in [-0.4, -0.2) is 35.9 Å². The van der Waals surface area contributed by atoms with Gasteiger partial charge in [-0.2, -0.15) is 0 Å². The Kier molecular flexibility index (Phi) is 16.6. The third-order valence-electron chi connectivity index (χ3n) is 4.70. The van der Waals surface area contributed by atoms with E-state index < -0.39 is 5.97 Å². The van der Waals surface area contributed by atoms with E-state index in [2.05, 4.69) is 44.2 Å². The highest BCUT2D eigenvalue weighted by atomic mass is 80.9. The molecule has 0 radical (unpaired) electrons. The fraction of sp³-hybridized carbons (Fsp3) is 0.192. The Hall–Kier alpha value is -2.45. The van der Waals surface area contributed by atoms with E-state index in [9.17, 15) is 19.2 Å². The second-order valence-electron chi connectivity index (χ2n) is 7.59. The van der Waals surface area contributed by atoms with Gasteiger partial charge in [0, 0.05) is 69.2 Å². The number of carboxylic acids is 1. The third kappa shape index (κ3) is 13.0. The molecular weight excluding hydrogens is 740 g/mol. The van der Waals surface area contributed by atoms with Crippen molar-refractivity contribution >= 4 is 84.8 Å². The molecule has 4 rings (SSSR count). The lowest BCUT2D eigenvalue weighted by Gasteiger charge is -2.02. The minimum Gasteiger partial charge on any atom is -0.481 e. The van der Waals surface area contributed by atoms with Crippen LogP contribution in [0.5, 0.6) is 0 Å². The fourth-order valence-electron chi connectivity index (χ4n) is 2.87. The molecule has 208 valence electrons. The number of aliphatic carboxylic acids is 1. The van der Waals surface area contributed by atoms with Crippen LogP contribution in [0.15, 0.2) is 81.0 Å². The van der Waals surface area contributed by atoms with Gasteiger partial charge in [0.2, 0.25) is 0 Å². The number of carbonyl (C=O) groups is 3. The second kappa shape index (κ2) is 18.8. The molecule has 2 heterocycles. The van der Waals surface area contributed by atoms with Crippen LogP contribution in [0.2, 0.25) is 0 Å². The predicted molar refractivity (Wildman–Crippen MR) is 168 cm³/mol. The van der Waals surface area contributed by atoms with Crippen molar-refractivity contribution in [2.75, 3.05) is 5.33 Å². The molecule has 0 bridgehead atoms. The van der Waals surface area contributed by atoms with Crippen LogP contribution < -0.4 is 11.1 Å². The Morgan fingerprint density at radius 2 is 1.08 bits per heavy atom. The minimum atomic E-state index is -0.833. The number of Topliss-reactive ketones (excluding diaryl/α,β-unsaturated/α-hetero) is 2. The number of carbonyl (C=O) groups excluding carboxylic acids is 2. The molecule has 0 aliphatic rings. The van der Waals surface area contributed by atoms with Gasteiger partial charge in [-0.1, -0.05) is 87.5 Å². The van der Waals surface area contributed by atoms with Gasteiger partial charge < -0.3 is 5.11 Å². The van der Waals surface area contributed by atoms with Crippen molar-refractivity contribution in [3.05, 3.63) is 114 Å². The van der Waals surface area contributed by atoms with Crippen molar-refractivity contribution in [1.29, 1.82) is 0 Å². The number of halogens is 3. The summed E-state index contributed by atoms with van der Waals surface area (Å²) in [6, 6.07) is 17.8. The Morgan fingerprint density at radius 1 is 0.718 bits per heavy atom. The quantitative estimate of drug-likeness (QED) is 0.170. The zero-order valence-corrected chi connectivity index (χ0v) is 27.3. The van der Waals surface area contributed by atoms with E-state index in [1.807, 2.05) is 24.3 Å². The molecule has 8 nitrogen and oxygen atoms in total. The molecule has 2 aromatic carbocycles. The van der Waals surface area contributed by atoms with E-state index >= 15 is 0 Å². The van der Waals surface area contributed by atoms with Crippen molar-refractivity contribution in [2.45, 2.75) is 26.9 Å². The lowest BCUT2D eigenvalue weighted by Crippen LogP contribution is -2.12. The molecule has 13 heteroatoms. The summed E-state index contributed by atoms with van der Waals surface area (Å²) in [7, 11) is 0. The van der Waals surface area contributed by atoms with Gasteiger partial charge in [0.25, 0.3) is 17.1 Å². The zero-order valence-electron chi connectivity index (χ0n) is 20.9. The summed E-state index contributed by atoms with van der Waals surface area (Å²) in [5, 5.41) is 11.3. The molecule has 0 aliphatic carbocycles. The van der Waals surface area contributed by atoms with E-state index in [1.54, 1.807) is 62.0 Å². The van der Waals surface area contributed by atoms with Crippen LogP contribution in [-0.2, 0) is 17.9 Å². The number of alkyl halides is 1. The summed E-state index contributed by atoms with van der Waals surface area (Å²) >= 11 is 11.4. The lowest BCUT2D eigenvalue weighted by atomic mass is 10.1. The number of hydrogen-bond acceptors (Lipinski definition) is 7. The van der Waals surface area contributed by atoms with E-state index in [0.717, 1.165) is 18.1 Å². The SMILES string of the molecule is BrBr.CC(=O)O.CC(=O)c1ccc(Cn2sccc2=O)cc1.O=C(CBr)c1ccc(Cn2sccc2=O)cc1. The van der Waals surface area contributed by atoms with Gasteiger partial charge in [0.15, 0.2) is 11.6 Å². The summed E-state index contributed by atoms with van der Waals surface area (Å²) < 4.78 is 3.34. The first-order valence-corrected chi connectivity index (χ1v) is 17.5. The van der Waals surface area contributed by atoms with Gasteiger partial charge in [-0.3, -0.25) is 31.9 Å². The van der Waals surface area contributed by atoms with Crippen molar-refractivity contribution in [2.24, 2.45) is 0 Å². The number of benzene rings is 2. The highest BCUT2D eigenvalue weighted by Crippen LogP contribution is 2.09. The molecule has 0 fully saturated rings. The molecule has 0 atom stereocenters. The Bertz CT molecular complexity index is 1440. The fourth-order valence-corrected chi connectivity index (χ4v) is 4.62. The summed E-state index contributed by atoms with van der Waals surface area (Å²) in [6.45, 7) is 3.74. The summed E-state index contributed by atoms with van der Waals surface area (Å²) in [6.07, 6.45) is 0. The number of carboxylic acid groups (broad SMARTS) is 1. The average Bonchev–Trinajstić information content (AvgIpc) is 3.52. The molecule has 0 saturated heterocycles. The van der Waals surface area contributed by atoms with Crippen LogP contribution >= 0.6 is 67.3 Å². The van der Waals surface area contributed by atoms with E-state index in [1.165, 1.54) is 23.1 Å². The maximum absolute atomic E-state index is 11.4. The zero-order chi connectivity index (χ0) is 29.4. The average molecular weight is 765 g/mol. The Morgan fingerprint density at radius 3 is 1.36 bits per heavy atom. The first-order valence-electron chi connectivity index (χ1n) is 11.0. The van der Waals surface area contributed by atoms with Crippen LogP contribution in [0, 0.1) is 0 Å². The predicted octanol–water partition coefficient (Wildman–Crippen LogP) is 6.48. The molecule has 0 amide bonds. The van der Waals surface area contributed by atoms with Crippen molar-refractivity contribution in [3.8, 4) is 0 Å². The van der Waals surface area contributed by atoms with Crippen molar-refractivity contribution in [3.63, 3.8) is 0 Å².